The number of nitrogens with zero attached hydrogens (tertiary/aromatic N) is 2. The molecular weight excluding hydrogens is 327 g/mol. The maximum atomic E-state index is 13.5. The van der Waals surface area contributed by atoms with E-state index in [1.165, 1.54) is 12.1 Å². The standard InChI is InChI=1S/C11H7BrF3N3O/c12-6-1-2-8(7(13)5-6)17-10(19)9-3-4-16-18(9)11(14)15/h1-5,11H,(H,17,19). The monoisotopic (exact) mass is 333 g/mol. The Morgan fingerprint density at radius 3 is 2.74 bits per heavy atom. The molecule has 2 aromatic rings. The van der Waals surface area contributed by atoms with Crippen molar-refractivity contribution in [3.8, 4) is 0 Å². The fourth-order valence-electron chi connectivity index (χ4n) is 1.43. The second-order valence-corrected chi connectivity index (χ2v) is 4.43. The topological polar surface area (TPSA) is 46.9 Å². The molecule has 0 bridgehead atoms. The van der Waals surface area contributed by atoms with Crippen LogP contribution in [0.25, 0.3) is 0 Å². The van der Waals surface area contributed by atoms with Crippen molar-refractivity contribution >= 4 is 27.5 Å². The van der Waals surface area contributed by atoms with Crippen LogP contribution in [0.3, 0.4) is 0 Å². The Morgan fingerprint density at radius 2 is 2.11 bits per heavy atom. The van der Waals surface area contributed by atoms with Crippen molar-refractivity contribution in [2.24, 2.45) is 0 Å². The third kappa shape index (κ3) is 2.95. The lowest BCUT2D eigenvalue weighted by Crippen LogP contribution is -2.18. The number of hydrogen-bond donors (Lipinski definition) is 1. The minimum atomic E-state index is -2.94. The summed E-state index contributed by atoms with van der Waals surface area (Å²) in [5.41, 5.74) is -0.451. The highest BCUT2D eigenvalue weighted by Crippen LogP contribution is 2.20. The van der Waals surface area contributed by atoms with Gasteiger partial charge in [-0.3, -0.25) is 4.79 Å². The summed E-state index contributed by atoms with van der Waals surface area (Å²) in [5.74, 6) is -1.54. The lowest BCUT2D eigenvalue weighted by atomic mass is 10.3. The Morgan fingerprint density at radius 1 is 1.37 bits per heavy atom. The summed E-state index contributed by atoms with van der Waals surface area (Å²) in [6, 6.07) is 5.11. The van der Waals surface area contributed by atoms with Gasteiger partial charge in [-0.25, -0.2) is 4.39 Å². The van der Waals surface area contributed by atoms with Crippen LogP contribution in [0, 0.1) is 5.82 Å². The average Bonchev–Trinajstić information content (AvgIpc) is 2.82. The van der Waals surface area contributed by atoms with Gasteiger partial charge in [-0.2, -0.15) is 18.6 Å². The van der Waals surface area contributed by atoms with E-state index in [0.717, 1.165) is 18.3 Å². The van der Waals surface area contributed by atoms with Gasteiger partial charge in [0.2, 0.25) is 0 Å². The molecule has 0 aliphatic carbocycles. The fourth-order valence-corrected chi connectivity index (χ4v) is 1.76. The molecule has 1 aromatic carbocycles. The molecule has 0 saturated heterocycles. The molecule has 1 heterocycles. The number of halogens is 4. The molecule has 100 valence electrons. The number of amides is 1. The summed E-state index contributed by atoms with van der Waals surface area (Å²) >= 11 is 3.07. The van der Waals surface area contributed by atoms with Crippen molar-refractivity contribution < 1.29 is 18.0 Å². The minimum absolute atomic E-state index is 0.102. The van der Waals surface area contributed by atoms with E-state index < -0.39 is 18.3 Å². The van der Waals surface area contributed by atoms with Crippen LogP contribution >= 0.6 is 15.9 Å². The van der Waals surface area contributed by atoms with Crippen LogP contribution in [0.15, 0.2) is 34.9 Å². The van der Waals surface area contributed by atoms with Crippen LogP contribution in [-0.4, -0.2) is 15.7 Å². The molecule has 1 aromatic heterocycles. The van der Waals surface area contributed by atoms with Gasteiger partial charge in [0.05, 0.1) is 5.69 Å². The normalized spacial score (nSPS) is 10.8. The molecule has 0 fully saturated rings. The Hall–Kier alpha value is -1.83. The Kier molecular flexibility index (Phi) is 3.89. The largest absolute Gasteiger partial charge is 0.333 e. The molecule has 4 nitrogen and oxygen atoms in total. The molecule has 19 heavy (non-hydrogen) atoms. The summed E-state index contributed by atoms with van der Waals surface area (Å²) in [5, 5.41) is 5.53. The molecular formula is C11H7BrF3N3O. The molecule has 0 aliphatic heterocycles. The molecule has 0 atom stereocenters. The number of anilines is 1. The maximum absolute atomic E-state index is 13.5. The summed E-state index contributed by atoms with van der Waals surface area (Å²) in [4.78, 5) is 11.8. The van der Waals surface area contributed by atoms with Gasteiger partial charge >= 0.3 is 6.55 Å². The number of alkyl halides is 2. The van der Waals surface area contributed by atoms with E-state index in [9.17, 15) is 18.0 Å². The van der Waals surface area contributed by atoms with E-state index >= 15 is 0 Å². The Bertz CT molecular complexity index is 615. The molecule has 0 radical (unpaired) electrons. The summed E-state index contributed by atoms with van der Waals surface area (Å²) in [7, 11) is 0. The van der Waals surface area contributed by atoms with E-state index in [0.29, 0.717) is 4.47 Å². The van der Waals surface area contributed by atoms with Crippen LogP contribution in [0.1, 0.15) is 17.0 Å². The van der Waals surface area contributed by atoms with Crippen molar-refractivity contribution in [3.05, 3.63) is 46.4 Å². The zero-order valence-electron chi connectivity index (χ0n) is 9.28. The minimum Gasteiger partial charge on any atom is -0.318 e. The Balaban J connectivity index is 2.23. The molecule has 0 unspecified atom stereocenters. The van der Waals surface area contributed by atoms with Crippen LogP contribution in [0.5, 0.6) is 0 Å². The van der Waals surface area contributed by atoms with E-state index in [-0.39, 0.29) is 16.1 Å². The predicted molar refractivity (Wildman–Crippen MR) is 65.5 cm³/mol. The highest BCUT2D eigenvalue weighted by Gasteiger charge is 2.18. The highest BCUT2D eigenvalue weighted by atomic mass is 79.9. The second kappa shape index (κ2) is 5.43. The number of aromatic nitrogens is 2. The number of rotatable bonds is 3. The van der Waals surface area contributed by atoms with Crippen LogP contribution in [0.2, 0.25) is 0 Å². The van der Waals surface area contributed by atoms with E-state index in [4.69, 9.17) is 0 Å². The first-order chi connectivity index (χ1) is 8.99. The molecule has 8 heteroatoms. The molecule has 1 N–H and O–H groups in total. The van der Waals surface area contributed by atoms with Gasteiger partial charge in [0.1, 0.15) is 11.5 Å². The first-order valence-electron chi connectivity index (χ1n) is 5.07. The smallest absolute Gasteiger partial charge is 0.318 e. The lowest BCUT2D eigenvalue weighted by Gasteiger charge is -2.08. The molecule has 0 aliphatic rings. The average molecular weight is 334 g/mol. The van der Waals surface area contributed by atoms with Crippen molar-refractivity contribution in [3.63, 3.8) is 0 Å². The first-order valence-corrected chi connectivity index (χ1v) is 5.86. The van der Waals surface area contributed by atoms with Gasteiger partial charge in [-0.05, 0) is 24.3 Å². The lowest BCUT2D eigenvalue weighted by molar-refractivity contribution is 0.0520. The number of carbonyl (C=O) groups is 1. The number of carbonyl (C=O) groups excluding carboxylic acids is 1. The van der Waals surface area contributed by atoms with Crippen LogP contribution < -0.4 is 5.32 Å². The van der Waals surface area contributed by atoms with Gasteiger partial charge in [0.25, 0.3) is 5.91 Å². The number of benzene rings is 1. The Labute approximate surface area is 114 Å². The van der Waals surface area contributed by atoms with Gasteiger partial charge in [-0.15, -0.1) is 0 Å². The van der Waals surface area contributed by atoms with Crippen molar-refractivity contribution in [2.75, 3.05) is 5.32 Å². The second-order valence-electron chi connectivity index (χ2n) is 3.52. The van der Waals surface area contributed by atoms with Gasteiger partial charge in [0.15, 0.2) is 0 Å². The van der Waals surface area contributed by atoms with Crippen LogP contribution in [-0.2, 0) is 0 Å². The molecule has 0 spiro atoms. The first kappa shape index (κ1) is 13.6. The van der Waals surface area contributed by atoms with Gasteiger partial charge < -0.3 is 5.32 Å². The maximum Gasteiger partial charge on any atom is 0.333 e. The van der Waals surface area contributed by atoms with Crippen molar-refractivity contribution in [1.29, 1.82) is 0 Å². The molecule has 0 saturated carbocycles. The summed E-state index contributed by atoms with van der Waals surface area (Å²) in [6.07, 6.45) is 1.07. The quantitative estimate of drug-likeness (QED) is 0.935. The summed E-state index contributed by atoms with van der Waals surface area (Å²) in [6.45, 7) is -2.94. The van der Waals surface area contributed by atoms with E-state index in [1.54, 1.807) is 0 Å². The summed E-state index contributed by atoms with van der Waals surface area (Å²) < 4.78 is 39.3. The zero-order chi connectivity index (χ0) is 14.0. The SMILES string of the molecule is O=C(Nc1ccc(Br)cc1F)c1ccnn1C(F)F. The highest BCUT2D eigenvalue weighted by molar-refractivity contribution is 9.10. The van der Waals surface area contributed by atoms with E-state index in [2.05, 4.69) is 26.3 Å². The zero-order valence-corrected chi connectivity index (χ0v) is 10.9. The van der Waals surface area contributed by atoms with Crippen molar-refractivity contribution in [2.45, 2.75) is 6.55 Å². The number of hydrogen-bond acceptors (Lipinski definition) is 2. The predicted octanol–water partition coefficient (Wildman–Crippen LogP) is 3.43. The molecule has 2 rings (SSSR count). The van der Waals surface area contributed by atoms with Gasteiger partial charge in [-0.1, -0.05) is 15.9 Å². The van der Waals surface area contributed by atoms with Crippen LogP contribution in [0.4, 0.5) is 18.9 Å². The van der Waals surface area contributed by atoms with Gasteiger partial charge in [0, 0.05) is 10.7 Å². The third-order valence-electron chi connectivity index (χ3n) is 2.27. The fraction of sp³-hybridized carbons (Fsp3) is 0.0909. The van der Waals surface area contributed by atoms with E-state index in [1.807, 2.05) is 0 Å². The molecule has 1 amide bonds. The van der Waals surface area contributed by atoms with Crippen molar-refractivity contribution in [1.82, 2.24) is 9.78 Å². The third-order valence-corrected chi connectivity index (χ3v) is 2.76. The number of nitrogens with one attached hydrogen (secondary N) is 1.